The van der Waals surface area contributed by atoms with Crippen molar-refractivity contribution in [3.05, 3.63) is 83.9 Å². The number of benzene rings is 2. The predicted molar refractivity (Wildman–Crippen MR) is 106 cm³/mol. The number of nitrogens with one attached hydrogen (secondary N) is 2. The van der Waals surface area contributed by atoms with Crippen LogP contribution in [0, 0.1) is 0 Å². The maximum atomic E-state index is 12.6. The number of rotatable bonds is 7. The molecule has 136 valence electrons. The summed E-state index contributed by atoms with van der Waals surface area (Å²) < 4.78 is 0. The highest BCUT2D eigenvalue weighted by molar-refractivity contribution is 5.74. The topological polar surface area (TPSA) is 44.4 Å². The van der Waals surface area contributed by atoms with Crippen molar-refractivity contribution in [2.45, 2.75) is 25.4 Å². The molecule has 0 aliphatic carbocycles. The number of carbonyl (C=O) groups excluding carboxylic acids is 1. The molecule has 0 aromatic heterocycles. The average Bonchev–Trinajstić information content (AvgIpc) is 2.68. The molecule has 4 nitrogen and oxygen atoms in total. The first-order chi connectivity index (χ1) is 12.8. The number of carbonyl (C=O) groups is 1. The Kier molecular flexibility index (Phi) is 6.45. The normalized spacial score (nSPS) is 15.8. The van der Waals surface area contributed by atoms with E-state index in [4.69, 9.17) is 0 Å². The number of amides is 2. The first-order valence-corrected chi connectivity index (χ1v) is 9.24. The maximum absolute atomic E-state index is 12.6. The van der Waals surface area contributed by atoms with Gasteiger partial charge in [-0.1, -0.05) is 60.7 Å². The van der Waals surface area contributed by atoms with Gasteiger partial charge in [0.2, 0.25) is 0 Å². The first-order valence-electron chi connectivity index (χ1n) is 9.24. The van der Waals surface area contributed by atoms with Gasteiger partial charge < -0.3 is 15.5 Å². The summed E-state index contributed by atoms with van der Waals surface area (Å²) in [6.07, 6.45) is 3.57. The SMILES string of the molecule is C=CCN(CC1Cc2ccccc2CN1)C(=O)NCCc1ccccc1. The lowest BCUT2D eigenvalue weighted by molar-refractivity contribution is 0.196. The molecular formula is C22H27N3O. The van der Waals surface area contributed by atoms with Crippen LogP contribution in [-0.2, 0) is 19.4 Å². The second-order valence-electron chi connectivity index (χ2n) is 6.71. The lowest BCUT2D eigenvalue weighted by Gasteiger charge is -2.31. The van der Waals surface area contributed by atoms with E-state index in [-0.39, 0.29) is 12.1 Å². The summed E-state index contributed by atoms with van der Waals surface area (Å²) in [5, 5.41) is 6.58. The van der Waals surface area contributed by atoms with E-state index >= 15 is 0 Å². The molecule has 1 aliphatic heterocycles. The number of fused-ring (bicyclic) bond motifs is 1. The minimum absolute atomic E-state index is 0.0264. The molecule has 0 bridgehead atoms. The van der Waals surface area contributed by atoms with Crippen molar-refractivity contribution >= 4 is 6.03 Å². The van der Waals surface area contributed by atoms with Gasteiger partial charge in [0.25, 0.3) is 0 Å². The summed E-state index contributed by atoms with van der Waals surface area (Å²) in [5.74, 6) is 0. The molecule has 4 heteroatoms. The zero-order valence-corrected chi connectivity index (χ0v) is 15.2. The molecule has 3 rings (SSSR count). The molecule has 1 unspecified atom stereocenters. The van der Waals surface area contributed by atoms with Gasteiger partial charge in [0, 0.05) is 32.2 Å². The van der Waals surface area contributed by atoms with Crippen LogP contribution in [-0.4, -0.2) is 36.6 Å². The van der Waals surface area contributed by atoms with Gasteiger partial charge in [-0.05, 0) is 29.5 Å². The molecule has 0 saturated carbocycles. The van der Waals surface area contributed by atoms with Crippen molar-refractivity contribution in [3.8, 4) is 0 Å². The molecule has 0 radical (unpaired) electrons. The second-order valence-corrected chi connectivity index (χ2v) is 6.71. The Labute approximate surface area is 155 Å². The third-order valence-corrected chi connectivity index (χ3v) is 4.78. The minimum atomic E-state index is -0.0264. The molecular weight excluding hydrogens is 322 g/mol. The van der Waals surface area contributed by atoms with Crippen LogP contribution in [0.25, 0.3) is 0 Å². The van der Waals surface area contributed by atoms with E-state index in [2.05, 4.69) is 53.6 Å². The van der Waals surface area contributed by atoms with Crippen molar-refractivity contribution in [3.63, 3.8) is 0 Å². The minimum Gasteiger partial charge on any atom is -0.338 e. The second kappa shape index (κ2) is 9.20. The Hall–Kier alpha value is -2.59. The fraction of sp³-hybridized carbons (Fsp3) is 0.318. The molecule has 0 saturated heterocycles. The fourth-order valence-corrected chi connectivity index (χ4v) is 3.38. The highest BCUT2D eigenvalue weighted by Gasteiger charge is 2.22. The zero-order valence-electron chi connectivity index (χ0n) is 15.2. The summed E-state index contributed by atoms with van der Waals surface area (Å²) >= 11 is 0. The van der Waals surface area contributed by atoms with E-state index < -0.39 is 0 Å². The molecule has 0 fully saturated rings. The largest absolute Gasteiger partial charge is 0.338 e. The number of urea groups is 1. The third-order valence-electron chi connectivity index (χ3n) is 4.78. The summed E-state index contributed by atoms with van der Waals surface area (Å²) in [5.41, 5.74) is 3.96. The Bertz CT molecular complexity index is 729. The van der Waals surface area contributed by atoms with Crippen LogP contribution in [0.3, 0.4) is 0 Å². The number of hydrogen-bond acceptors (Lipinski definition) is 2. The molecule has 26 heavy (non-hydrogen) atoms. The van der Waals surface area contributed by atoms with Gasteiger partial charge in [0.15, 0.2) is 0 Å². The first kappa shape index (κ1) is 18.2. The summed E-state index contributed by atoms with van der Waals surface area (Å²) in [6.45, 7) is 6.52. The average molecular weight is 349 g/mol. The quantitative estimate of drug-likeness (QED) is 0.754. The number of nitrogens with zero attached hydrogens (tertiary/aromatic N) is 1. The van der Waals surface area contributed by atoms with Crippen LogP contribution in [0.1, 0.15) is 16.7 Å². The highest BCUT2D eigenvalue weighted by Crippen LogP contribution is 2.16. The van der Waals surface area contributed by atoms with Crippen molar-refractivity contribution in [2.75, 3.05) is 19.6 Å². The molecule has 2 aromatic carbocycles. The van der Waals surface area contributed by atoms with E-state index in [0.29, 0.717) is 19.6 Å². The lowest BCUT2D eigenvalue weighted by Crippen LogP contribution is -2.49. The molecule has 1 aliphatic rings. The molecule has 2 N–H and O–H groups in total. The van der Waals surface area contributed by atoms with Gasteiger partial charge >= 0.3 is 6.03 Å². The third kappa shape index (κ3) is 4.96. The molecule has 1 atom stereocenters. The summed E-state index contributed by atoms with van der Waals surface area (Å²) in [7, 11) is 0. The van der Waals surface area contributed by atoms with Crippen LogP contribution >= 0.6 is 0 Å². The van der Waals surface area contributed by atoms with E-state index in [9.17, 15) is 4.79 Å². The van der Waals surface area contributed by atoms with Crippen LogP contribution in [0.15, 0.2) is 67.3 Å². The smallest absolute Gasteiger partial charge is 0.317 e. The van der Waals surface area contributed by atoms with Gasteiger partial charge in [-0.3, -0.25) is 0 Å². The standard InChI is InChI=1S/C22H27N3O/c1-2-14-25(22(26)23-13-12-18-8-4-3-5-9-18)17-21-15-19-10-6-7-11-20(19)16-24-21/h2-11,21,24H,1,12-17H2,(H,23,26). The van der Waals surface area contributed by atoms with E-state index in [1.165, 1.54) is 16.7 Å². The fourth-order valence-electron chi connectivity index (χ4n) is 3.38. The zero-order chi connectivity index (χ0) is 18.2. The van der Waals surface area contributed by atoms with Gasteiger partial charge in [-0.15, -0.1) is 6.58 Å². The van der Waals surface area contributed by atoms with E-state index in [1.54, 1.807) is 6.08 Å². The Morgan fingerprint density at radius 2 is 1.88 bits per heavy atom. The lowest BCUT2D eigenvalue weighted by atomic mass is 9.95. The Balaban J connectivity index is 1.51. The highest BCUT2D eigenvalue weighted by atomic mass is 16.2. The maximum Gasteiger partial charge on any atom is 0.317 e. The van der Waals surface area contributed by atoms with E-state index in [1.807, 2.05) is 23.1 Å². The van der Waals surface area contributed by atoms with Crippen molar-refractivity contribution in [1.29, 1.82) is 0 Å². The van der Waals surface area contributed by atoms with Gasteiger partial charge in [-0.2, -0.15) is 0 Å². The number of hydrogen-bond donors (Lipinski definition) is 2. The van der Waals surface area contributed by atoms with E-state index in [0.717, 1.165) is 19.4 Å². The van der Waals surface area contributed by atoms with Gasteiger partial charge in [0.1, 0.15) is 0 Å². The van der Waals surface area contributed by atoms with Crippen molar-refractivity contribution in [1.82, 2.24) is 15.5 Å². The summed E-state index contributed by atoms with van der Waals surface area (Å²) in [4.78, 5) is 14.4. The molecule has 2 aromatic rings. The van der Waals surface area contributed by atoms with Crippen molar-refractivity contribution < 1.29 is 4.79 Å². The molecule has 2 amide bonds. The predicted octanol–water partition coefficient (Wildman–Crippen LogP) is 3.14. The van der Waals surface area contributed by atoms with Crippen LogP contribution in [0.2, 0.25) is 0 Å². The van der Waals surface area contributed by atoms with Gasteiger partial charge in [-0.25, -0.2) is 4.79 Å². The van der Waals surface area contributed by atoms with Crippen molar-refractivity contribution in [2.24, 2.45) is 0 Å². The van der Waals surface area contributed by atoms with Crippen LogP contribution in [0.4, 0.5) is 4.79 Å². The Morgan fingerprint density at radius 1 is 1.15 bits per heavy atom. The molecule has 1 heterocycles. The molecule has 0 spiro atoms. The van der Waals surface area contributed by atoms with Gasteiger partial charge in [0.05, 0.1) is 0 Å². The summed E-state index contributed by atoms with van der Waals surface area (Å²) in [6, 6.07) is 19.0. The Morgan fingerprint density at radius 3 is 2.65 bits per heavy atom. The van der Waals surface area contributed by atoms with Crippen LogP contribution in [0.5, 0.6) is 0 Å². The monoisotopic (exact) mass is 349 g/mol. The van der Waals surface area contributed by atoms with Crippen LogP contribution < -0.4 is 10.6 Å².